The Morgan fingerprint density at radius 2 is 1.21 bits per heavy atom. The smallest absolute Gasteiger partial charge is 0.416 e. The fourth-order valence-electron chi connectivity index (χ4n) is 4.28. The predicted octanol–water partition coefficient (Wildman–Crippen LogP) is 5.33. The average Bonchev–Trinajstić information content (AvgIpc) is 3.05. The van der Waals surface area contributed by atoms with Gasteiger partial charge >= 0.3 is 24.3 Å². The summed E-state index contributed by atoms with van der Waals surface area (Å²) in [6.07, 6.45) is -5.64. The highest BCUT2D eigenvalue weighted by Gasteiger charge is 2.33. The number of aromatic nitrogens is 4. The molecular formula is C32H32F6N6O8S. The van der Waals surface area contributed by atoms with Crippen LogP contribution >= 0.6 is 0 Å². The van der Waals surface area contributed by atoms with Crippen molar-refractivity contribution in [2.24, 2.45) is 0 Å². The van der Waals surface area contributed by atoms with Crippen molar-refractivity contribution in [1.82, 2.24) is 19.9 Å². The van der Waals surface area contributed by atoms with Gasteiger partial charge in [-0.25, -0.2) is 42.2 Å². The minimum atomic E-state index is -4.66. The lowest BCUT2D eigenvalue weighted by Gasteiger charge is -2.18. The predicted molar refractivity (Wildman–Crippen MR) is 178 cm³/mol. The van der Waals surface area contributed by atoms with Gasteiger partial charge in [-0.3, -0.25) is 0 Å². The first-order valence-corrected chi connectivity index (χ1v) is 16.7. The third-order valence-electron chi connectivity index (χ3n) is 6.97. The van der Waals surface area contributed by atoms with Crippen molar-refractivity contribution in [2.75, 3.05) is 49.8 Å². The molecule has 0 aliphatic heterocycles. The molecule has 0 saturated heterocycles. The SMILES string of the molecule is Cc1cnc(N(C)S(C)(=O)=O)nc1-c1cc(C(F)(F)F)ccc1OCC(=O)O.Cc1nc(N(C)C)ncc1-c1cc(C(F)(F)F)ccc1OCC(=O)O. The minimum absolute atomic E-state index is 0.0136. The van der Waals surface area contributed by atoms with Crippen LogP contribution in [0.3, 0.4) is 0 Å². The van der Waals surface area contributed by atoms with Gasteiger partial charge in [-0.2, -0.15) is 26.3 Å². The quantitative estimate of drug-likeness (QED) is 0.187. The molecule has 53 heavy (non-hydrogen) atoms. The lowest BCUT2D eigenvalue weighted by molar-refractivity contribution is -0.140. The van der Waals surface area contributed by atoms with Crippen molar-refractivity contribution >= 4 is 33.9 Å². The number of nitrogens with zero attached hydrogens (tertiary/aromatic N) is 6. The van der Waals surface area contributed by atoms with Crippen LogP contribution in [-0.4, -0.2) is 91.1 Å². The van der Waals surface area contributed by atoms with Gasteiger partial charge in [0.05, 0.1) is 28.8 Å². The van der Waals surface area contributed by atoms with Crippen molar-refractivity contribution in [3.8, 4) is 33.9 Å². The van der Waals surface area contributed by atoms with E-state index in [9.17, 15) is 44.3 Å². The molecule has 0 radical (unpaired) electrons. The van der Waals surface area contributed by atoms with Crippen LogP contribution < -0.4 is 18.7 Å². The summed E-state index contributed by atoms with van der Waals surface area (Å²) in [5.41, 5.74) is -0.840. The first-order valence-electron chi connectivity index (χ1n) is 14.8. The highest BCUT2D eigenvalue weighted by molar-refractivity contribution is 7.92. The van der Waals surface area contributed by atoms with Gasteiger partial charge in [0.1, 0.15) is 11.5 Å². The van der Waals surface area contributed by atoms with Crippen molar-refractivity contribution < 1.29 is 64.0 Å². The van der Waals surface area contributed by atoms with E-state index < -0.39 is 58.7 Å². The number of alkyl halides is 6. The third kappa shape index (κ3) is 11.1. The second kappa shape index (κ2) is 16.3. The van der Waals surface area contributed by atoms with E-state index in [-0.39, 0.29) is 34.3 Å². The lowest BCUT2D eigenvalue weighted by Crippen LogP contribution is -2.27. The van der Waals surface area contributed by atoms with E-state index in [1.807, 2.05) is 0 Å². The van der Waals surface area contributed by atoms with E-state index in [1.165, 1.54) is 26.4 Å². The van der Waals surface area contributed by atoms with Gasteiger partial charge in [0, 0.05) is 50.2 Å². The minimum Gasteiger partial charge on any atom is -0.481 e. The van der Waals surface area contributed by atoms with Crippen LogP contribution in [0.25, 0.3) is 22.4 Å². The van der Waals surface area contributed by atoms with E-state index in [4.69, 9.17) is 19.7 Å². The van der Waals surface area contributed by atoms with Gasteiger partial charge in [0.25, 0.3) is 0 Å². The highest BCUT2D eigenvalue weighted by Crippen LogP contribution is 2.39. The van der Waals surface area contributed by atoms with Gasteiger partial charge in [-0.05, 0) is 55.8 Å². The van der Waals surface area contributed by atoms with Crippen LogP contribution in [0.1, 0.15) is 22.4 Å². The Hall–Kier alpha value is -5.73. The van der Waals surface area contributed by atoms with E-state index in [1.54, 1.807) is 25.9 Å². The molecule has 2 heterocycles. The monoisotopic (exact) mass is 774 g/mol. The van der Waals surface area contributed by atoms with Crippen molar-refractivity contribution in [2.45, 2.75) is 26.2 Å². The number of carbonyl (C=O) groups is 2. The van der Waals surface area contributed by atoms with Crippen molar-refractivity contribution in [3.63, 3.8) is 0 Å². The van der Waals surface area contributed by atoms with Crippen LogP contribution in [0.4, 0.5) is 38.2 Å². The number of ether oxygens (including phenoxy) is 2. The van der Waals surface area contributed by atoms with E-state index in [0.717, 1.165) is 47.0 Å². The van der Waals surface area contributed by atoms with Crippen molar-refractivity contribution in [3.05, 3.63) is 71.2 Å². The van der Waals surface area contributed by atoms with E-state index >= 15 is 0 Å². The number of sulfonamides is 1. The summed E-state index contributed by atoms with van der Waals surface area (Å²) in [5, 5.41) is 17.5. The Labute approximate surface area is 298 Å². The third-order valence-corrected chi connectivity index (χ3v) is 8.12. The number of carboxylic acid groups (broad SMARTS) is 2. The van der Waals surface area contributed by atoms with Crippen LogP contribution in [-0.2, 0) is 32.0 Å². The van der Waals surface area contributed by atoms with Gasteiger partial charge in [-0.1, -0.05) is 0 Å². The summed E-state index contributed by atoms with van der Waals surface area (Å²) in [7, 11) is 0.953. The zero-order valence-corrected chi connectivity index (χ0v) is 29.6. The largest absolute Gasteiger partial charge is 0.481 e. The van der Waals surface area contributed by atoms with Crippen LogP contribution in [0.15, 0.2) is 48.8 Å². The summed E-state index contributed by atoms with van der Waals surface area (Å²) >= 11 is 0. The van der Waals surface area contributed by atoms with Gasteiger partial charge in [0.2, 0.25) is 21.9 Å². The molecule has 0 atom stereocenters. The van der Waals surface area contributed by atoms with E-state index in [0.29, 0.717) is 22.8 Å². The zero-order chi connectivity index (χ0) is 40.1. The maximum Gasteiger partial charge on any atom is 0.416 e. The molecule has 0 spiro atoms. The second-order valence-electron chi connectivity index (χ2n) is 11.3. The lowest BCUT2D eigenvalue weighted by atomic mass is 10.0. The zero-order valence-electron chi connectivity index (χ0n) is 28.7. The molecule has 0 saturated carbocycles. The first-order chi connectivity index (χ1) is 24.4. The molecule has 2 N–H and O–H groups in total. The fraction of sp³-hybridized carbons (Fsp3) is 0.312. The first kappa shape index (κ1) is 41.7. The maximum absolute atomic E-state index is 13.1. The fourth-order valence-corrected chi connectivity index (χ4v) is 4.66. The molecule has 0 amide bonds. The molecule has 0 fully saturated rings. The Kier molecular flexibility index (Phi) is 12.8. The number of anilines is 2. The maximum atomic E-state index is 13.1. The van der Waals surface area contributed by atoms with Crippen LogP contribution in [0.2, 0.25) is 0 Å². The topological polar surface area (TPSA) is 185 Å². The summed E-state index contributed by atoms with van der Waals surface area (Å²) < 4.78 is 113. The molecule has 2 aromatic heterocycles. The van der Waals surface area contributed by atoms with Gasteiger partial charge in [0.15, 0.2) is 13.2 Å². The standard InChI is InChI=1S/C16H16F3N3O5S.C16H16F3N3O3/c1-9-7-20-15(22(2)28(3,25)26)21-14(9)11-6-10(16(17,18)19)4-5-12(11)27-8-13(23)24;1-9-12(7-20-15(21-9)22(2)3)11-6-10(16(17,18)19)4-5-13(11)25-8-14(23)24/h4-7H,8H2,1-3H3,(H,23,24);4-7H,8H2,1-3H3,(H,23,24). The molecule has 0 bridgehead atoms. The number of halogens is 6. The number of benzene rings is 2. The number of aliphatic carboxylic acids is 2. The molecule has 2 aromatic carbocycles. The van der Waals surface area contributed by atoms with Crippen LogP contribution in [0.5, 0.6) is 11.5 Å². The normalized spacial score (nSPS) is 11.6. The summed E-state index contributed by atoms with van der Waals surface area (Å²) in [4.78, 5) is 39.4. The number of carboxylic acids is 2. The Bertz CT molecular complexity index is 2100. The molecule has 0 aliphatic carbocycles. The molecule has 14 nitrogen and oxygen atoms in total. The number of rotatable bonds is 11. The van der Waals surface area contributed by atoms with E-state index in [2.05, 4.69) is 19.9 Å². The average molecular weight is 775 g/mol. The number of hydrogen-bond donors (Lipinski definition) is 2. The van der Waals surface area contributed by atoms with Gasteiger partial charge in [-0.15, -0.1) is 0 Å². The van der Waals surface area contributed by atoms with Gasteiger partial charge < -0.3 is 24.6 Å². The van der Waals surface area contributed by atoms with Crippen LogP contribution in [0, 0.1) is 13.8 Å². The molecule has 0 aliphatic rings. The summed E-state index contributed by atoms with van der Waals surface area (Å²) in [6, 6.07) is 5.34. The Morgan fingerprint density at radius 3 is 1.64 bits per heavy atom. The molecule has 4 rings (SSSR count). The highest BCUT2D eigenvalue weighted by atomic mass is 32.2. The molecular weight excluding hydrogens is 742 g/mol. The Morgan fingerprint density at radius 1 is 0.736 bits per heavy atom. The molecule has 286 valence electrons. The summed E-state index contributed by atoms with van der Waals surface area (Å²) in [5.74, 6) is -2.54. The van der Waals surface area contributed by atoms with Crippen molar-refractivity contribution in [1.29, 1.82) is 0 Å². The molecule has 4 aromatic rings. The molecule has 0 unspecified atom stereocenters. The second-order valence-corrected chi connectivity index (χ2v) is 13.3. The molecule has 21 heteroatoms. The number of hydrogen-bond acceptors (Lipinski definition) is 11. The number of aryl methyl sites for hydroxylation is 2. The Balaban J connectivity index is 0.000000287. The summed E-state index contributed by atoms with van der Waals surface area (Å²) in [6.45, 7) is 1.69.